The lowest BCUT2D eigenvalue weighted by atomic mass is 10.4. The molecule has 0 aromatic carbocycles. The van der Waals surface area contributed by atoms with Gasteiger partial charge in [-0.3, -0.25) is 0 Å². The average molecular weight is 334 g/mol. The molecule has 2 aromatic heterocycles. The van der Waals surface area contributed by atoms with Gasteiger partial charge in [-0.05, 0) is 11.4 Å². The van der Waals surface area contributed by atoms with Crippen molar-refractivity contribution >= 4 is 38.9 Å². The number of nitrogens with zero attached hydrogens (tertiary/aromatic N) is 4. The molecule has 2 aromatic rings. The molecule has 108 valence electrons. The van der Waals surface area contributed by atoms with E-state index in [1.807, 2.05) is 4.90 Å². The van der Waals surface area contributed by atoms with Crippen LogP contribution in [-0.4, -0.2) is 54.1 Å². The maximum absolute atomic E-state index is 12.5. The fraction of sp³-hybridized carbons (Fsp3) is 0.400. The minimum Gasteiger partial charge on any atom is -0.339 e. The Morgan fingerprint density at radius 1 is 1.30 bits per heavy atom. The van der Waals surface area contributed by atoms with E-state index in [1.165, 1.54) is 10.6 Å². The van der Waals surface area contributed by atoms with E-state index < -0.39 is 10.0 Å². The van der Waals surface area contributed by atoms with Crippen molar-refractivity contribution in [2.75, 3.05) is 31.1 Å². The number of anilines is 1. The number of halogens is 1. The molecule has 1 aliphatic heterocycles. The highest BCUT2D eigenvalue weighted by molar-refractivity contribution is 7.91. The number of hydrogen-bond donors (Lipinski definition) is 1. The summed E-state index contributed by atoms with van der Waals surface area (Å²) in [4.78, 5) is 6.03. The second-order valence-corrected chi connectivity index (χ2v) is 7.71. The molecule has 0 radical (unpaired) electrons. The van der Waals surface area contributed by atoms with Gasteiger partial charge in [-0.1, -0.05) is 11.6 Å². The van der Waals surface area contributed by atoms with Crippen LogP contribution in [0.5, 0.6) is 0 Å². The monoisotopic (exact) mass is 333 g/mol. The number of aromatic amines is 1. The minimum atomic E-state index is -3.49. The molecular weight excluding hydrogens is 322 g/mol. The standard InChI is InChI=1S/C10H12ClN5O2S2/c11-8-1-6-19-9(8)20(17,18)16-4-2-15(3-5-16)10-12-7-13-14-10/h1,6-7H,2-5H2,(H,12,13,14). The number of sulfonamides is 1. The van der Waals surface area contributed by atoms with Crippen molar-refractivity contribution in [3.8, 4) is 0 Å². The maximum atomic E-state index is 12.5. The first kappa shape index (κ1) is 13.8. The third-order valence-corrected chi connectivity index (χ3v) is 7.00. The van der Waals surface area contributed by atoms with Crippen molar-refractivity contribution in [3.05, 3.63) is 22.8 Å². The normalized spacial score (nSPS) is 17.6. The van der Waals surface area contributed by atoms with Crippen molar-refractivity contribution in [1.82, 2.24) is 19.5 Å². The molecule has 0 aliphatic carbocycles. The smallest absolute Gasteiger partial charge is 0.254 e. The van der Waals surface area contributed by atoms with E-state index in [1.54, 1.807) is 11.4 Å². The molecule has 20 heavy (non-hydrogen) atoms. The topological polar surface area (TPSA) is 82.2 Å². The maximum Gasteiger partial charge on any atom is 0.254 e. The van der Waals surface area contributed by atoms with E-state index in [0.29, 0.717) is 32.1 Å². The summed E-state index contributed by atoms with van der Waals surface area (Å²) >= 11 is 7.07. The van der Waals surface area contributed by atoms with Crippen LogP contribution in [0, 0.1) is 0 Å². The lowest BCUT2D eigenvalue weighted by Crippen LogP contribution is -2.48. The lowest BCUT2D eigenvalue weighted by molar-refractivity contribution is 0.383. The van der Waals surface area contributed by atoms with Gasteiger partial charge in [-0.15, -0.1) is 11.3 Å². The van der Waals surface area contributed by atoms with Gasteiger partial charge in [0.25, 0.3) is 10.0 Å². The largest absolute Gasteiger partial charge is 0.339 e. The molecule has 7 nitrogen and oxygen atoms in total. The summed E-state index contributed by atoms with van der Waals surface area (Å²) in [6.07, 6.45) is 1.43. The number of H-pyrrole nitrogens is 1. The summed E-state index contributed by atoms with van der Waals surface area (Å²) in [5, 5.41) is 8.53. The van der Waals surface area contributed by atoms with Crippen LogP contribution in [0.3, 0.4) is 0 Å². The molecule has 0 spiro atoms. The number of thiophene rings is 1. The summed E-state index contributed by atoms with van der Waals surface area (Å²) in [5.74, 6) is 0.663. The van der Waals surface area contributed by atoms with Crippen molar-refractivity contribution < 1.29 is 8.42 Å². The first-order valence-corrected chi connectivity index (χ1v) is 8.62. The number of aromatic nitrogens is 3. The summed E-state index contributed by atoms with van der Waals surface area (Å²) in [7, 11) is -3.49. The fourth-order valence-corrected chi connectivity index (χ4v) is 5.31. The highest BCUT2D eigenvalue weighted by Gasteiger charge is 2.31. The molecule has 3 heterocycles. The predicted molar refractivity (Wildman–Crippen MR) is 76.7 cm³/mol. The van der Waals surface area contributed by atoms with Crippen LogP contribution < -0.4 is 4.90 Å². The van der Waals surface area contributed by atoms with Gasteiger partial charge in [-0.2, -0.15) is 14.4 Å². The predicted octanol–water partition coefficient (Wildman–Crippen LogP) is 1.03. The molecular formula is C10H12ClN5O2S2. The third kappa shape index (κ3) is 2.41. The number of rotatable bonds is 3. The van der Waals surface area contributed by atoms with Gasteiger partial charge in [0, 0.05) is 26.2 Å². The van der Waals surface area contributed by atoms with Crippen molar-refractivity contribution in [2.24, 2.45) is 0 Å². The Morgan fingerprint density at radius 3 is 2.60 bits per heavy atom. The molecule has 0 unspecified atom stereocenters. The second-order valence-electron chi connectivity index (χ2n) is 4.26. The van der Waals surface area contributed by atoms with Crippen LogP contribution in [0.2, 0.25) is 5.02 Å². The second kappa shape index (κ2) is 5.32. The van der Waals surface area contributed by atoms with Crippen LogP contribution in [0.25, 0.3) is 0 Å². The van der Waals surface area contributed by atoms with Crippen molar-refractivity contribution in [3.63, 3.8) is 0 Å². The number of hydrogen-bond acceptors (Lipinski definition) is 6. The van der Waals surface area contributed by atoms with Crippen LogP contribution >= 0.6 is 22.9 Å². The minimum absolute atomic E-state index is 0.215. The Bertz CT molecular complexity index is 676. The quantitative estimate of drug-likeness (QED) is 0.907. The molecule has 0 amide bonds. The van der Waals surface area contributed by atoms with E-state index in [4.69, 9.17) is 11.6 Å². The highest BCUT2D eigenvalue weighted by atomic mass is 35.5. The van der Waals surface area contributed by atoms with Gasteiger partial charge in [0.05, 0.1) is 5.02 Å². The fourth-order valence-electron chi connectivity index (χ4n) is 2.07. The highest BCUT2D eigenvalue weighted by Crippen LogP contribution is 2.30. The van der Waals surface area contributed by atoms with Crippen LogP contribution in [0.1, 0.15) is 0 Å². The average Bonchev–Trinajstić information content (AvgIpc) is 3.10. The summed E-state index contributed by atoms with van der Waals surface area (Å²) in [6.45, 7) is 1.93. The van der Waals surface area contributed by atoms with Gasteiger partial charge in [0.1, 0.15) is 6.33 Å². The molecule has 0 saturated carbocycles. The zero-order valence-corrected chi connectivity index (χ0v) is 12.7. The van der Waals surface area contributed by atoms with E-state index in [2.05, 4.69) is 15.2 Å². The van der Waals surface area contributed by atoms with Crippen molar-refractivity contribution in [1.29, 1.82) is 0 Å². The first-order chi connectivity index (χ1) is 9.59. The van der Waals surface area contributed by atoms with Crippen LogP contribution in [0.4, 0.5) is 5.95 Å². The van der Waals surface area contributed by atoms with Crippen LogP contribution in [0.15, 0.2) is 22.0 Å². The summed E-state index contributed by atoms with van der Waals surface area (Å²) in [6, 6.07) is 1.60. The molecule has 1 fully saturated rings. The van der Waals surface area contributed by atoms with E-state index >= 15 is 0 Å². The lowest BCUT2D eigenvalue weighted by Gasteiger charge is -2.33. The Kier molecular flexibility index (Phi) is 3.67. The number of piperazine rings is 1. The van der Waals surface area contributed by atoms with Gasteiger partial charge in [0.15, 0.2) is 4.21 Å². The molecule has 1 N–H and O–H groups in total. The van der Waals surface area contributed by atoms with E-state index in [0.717, 1.165) is 11.3 Å². The Morgan fingerprint density at radius 2 is 2.05 bits per heavy atom. The molecule has 0 bridgehead atoms. The molecule has 10 heteroatoms. The van der Waals surface area contributed by atoms with Crippen molar-refractivity contribution in [2.45, 2.75) is 4.21 Å². The van der Waals surface area contributed by atoms with E-state index in [-0.39, 0.29) is 9.23 Å². The molecule has 0 atom stereocenters. The molecule has 1 saturated heterocycles. The van der Waals surface area contributed by atoms with Crippen LogP contribution in [-0.2, 0) is 10.0 Å². The zero-order valence-electron chi connectivity index (χ0n) is 10.4. The first-order valence-electron chi connectivity index (χ1n) is 5.92. The molecule has 1 aliphatic rings. The third-order valence-electron chi connectivity index (χ3n) is 3.10. The Balaban J connectivity index is 1.74. The van der Waals surface area contributed by atoms with Gasteiger partial charge in [0.2, 0.25) is 5.95 Å². The Hall–Kier alpha value is -1.16. The Labute approximate surface area is 125 Å². The summed E-state index contributed by atoms with van der Waals surface area (Å²) in [5.41, 5.74) is 0. The number of nitrogens with one attached hydrogen (secondary N) is 1. The van der Waals surface area contributed by atoms with E-state index in [9.17, 15) is 8.42 Å². The van der Waals surface area contributed by atoms with Gasteiger partial charge < -0.3 is 4.90 Å². The molecule has 3 rings (SSSR count). The zero-order chi connectivity index (χ0) is 14.2. The SMILES string of the molecule is O=S(=O)(c1sccc1Cl)N1CCN(c2ncn[nH]2)CC1. The summed E-state index contributed by atoms with van der Waals surface area (Å²) < 4.78 is 26.6. The van der Waals surface area contributed by atoms with Gasteiger partial charge in [-0.25, -0.2) is 13.5 Å². The van der Waals surface area contributed by atoms with Gasteiger partial charge >= 0.3 is 0 Å².